The molecule has 0 bridgehead atoms. The fourth-order valence-corrected chi connectivity index (χ4v) is 4.09. The maximum Gasteiger partial charge on any atom is 0.336 e. The molecule has 1 N–H and O–H groups in total. The number of fused-ring (bicyclic) bond motifs is 1. The van der Waals surface area contributed by atoms with Gasteiger partial charge in [-0.1, -0.05) is 41.4 Å². The number of hydrogen-bond acceptors (Lipinski definition) is 4. The lowest BCUT2D eigenvalue weighted by Gasteiger charge is -2.12. The molecule has 1 aromatic heterocycles. The number of ether oxygens (including phenoxy) is 1. The zero-order valence-electron chi connectivity index (χ0n) is 12.8. The summed E-state index contributed by atoms with van der Waals surface area (Å²) in [6.45, 7) is 3.80. The van der Waals surface area contributed by atoms with Crippen LogP contribution >= 0.6 is 34.5 Å². The largest absolute Gasteiger partial charge is 0.488 e. The van der Waals surface area contributed by atoms with Gasteiger partial charge in [-0.2, -0.15) is 0 Å². The van der Waals surface area contributed by atoms with E-state index in [1.165, 1.54) is 11.3 Å². The molecule has 1 heterocycles. The number of aromatic nitrogens is 1. The minimum Gasteiger partial charge on any atom is -0.488 e. The lowest BCUT2D eigenvalue weighted by atomic mass is 10.1. The second-order valence-corrected chi connectivity index (χ2v) is 7.20. The van der Waals surface area contributed by atoms with Gasteiger partial charge in [-0.3, -0.25) is 0 Å². The third-order valence-corrected chi connectivity index (χ3v) is 4.93. The summed E-state index contributed by atoms with van der Waals surface area (Å²) in [5.41, 5.74) is 1.27. The second-order valence-electron chi connectivity index (χ2n) is 5.38. The van der Waals surface area contributed by atoms with Crippen LogP contribution in [-0.4, -0.2) is 22.2 Å². The molecule has 0 unspecified atom stereocenters. The van der Waals surface area contributed by atoms with Crippen LogP contribution in [0.25, 0.3) is 20.8 Å². The van der Waals surface area contributed by atoms with E-state index in [9.17, 15) is 9.90 Å². The predicted octanol–water partition coefficient (Wildman–Crippen LogP) is 5.76. The van der Waals surface area contributed by atoms with Gasteiger partial charge in [0.25, 0.3) is 0 Å². The summed E-state index contributed by atoms with van der Waals surface area (Å²) in [5, 5.41) is 10.7. The van der Waals surface area contributed by atoms with E-state index < -0.39 is 5.97 Å². The van der Waals surface area contributed by atoms with E-state index in [4.69, 9.17) is 27.9 Å². The maximum atomic E-state index is 11.4. The molecule has 4 nitrogen and oxygen atoms in total. The first-order valence-electron chi connectivity index (χ1n) is 7.16. The molecular formula is C17H13Cl2NO3S. The minimum absolute atomic E-state index is 0.0660. The van der Waals surface area contributed by atoms with Crippen LogP contribution in [0.2, 0.25) is 10.0 Å². The summed E-state index contributed by atoms with van der Waals surface area (Å²) in [4.78, 5) is 16.0. The second kappa shape index (κ2) is 6.59. The fourth-order valence-electron chi connectivity index (χ4n) is 2.31. The number of benzene rings is 2. The molecule has 3 aromatic rings. The molecular weight excluding hydrogens is 369 g/mol. The molecule has 7 heteroatoms. The quantitative estimate of drug-likeness (QED) is 0.624. The Balaban J connectivity index is 2.26. The third-order valence-electron chi connectivity index (χ3n) is 3.27. The molecule has 0 aliphatic heterocycles. The number of carbonyl (C=O) groups is 1. The number of carboxylic acid groups (broad SMARTS) is 1. The van der Waals surface area contributed by atoms with E-state index in [1.54, 1.807) is 30.3 Å². The molecule has 0 radical (unpaired) electrons. The molecule has 24 heavy (non-hydrogen) atoms. The van der Waals surface area contributed by atoms with Crippen molar-refractivity contribution in [3.63, 3.8) is 0 Å². The van der Waals surface area contributed by atoms with Gasteiger partial charge in [-0.05, 0) is 26.0 Å². The molecule has 0 fully saturated rings. The van der Waals surface area contributed by atoms with Gasteiger partial charge in [0.05, 0.1) is 21.7 Å². The van der Waals surface area contributed by atoms with Gasteiger partial charge in [-0.15, -0.1) is 11.3 Å². The Morgan fingerprint density at radius 2 is 1.96 bits per heavy atom. The number of nitrogens with zero attached hydrogens (tertiary/aromatic N) is 1. The average Bonchev–Trinajstić information content (AvgIpc) is 2.96. The van der Waals surface area contributed by atoms with Crippen LogP contribution in [0, 0.1) is 0 Å². The topological polar surface area (TPSA) is 59.4 Å². The van der Waals surface area contributed by atoms with Gasteiger partial charge >= 0.3 is 5.97 Å². The normalized spacial score (nSPS) is 11.2. The van der Waals surface area contributed by atoms with Gasteiger partial charge in [0, 0.05) is 5.56 Å². The van der Waals surface area contributed by atoms with E-state index in [-0.39, 0.29) is 11.7 Å². The zero-order valence-corrected chi connectivity index (χ0v) is 15.2. The minimum atomic E-state index is -1.01. The van der Waals surface area contributed by atoms with Gasteiger partial charge in [0.2, 0.25) is 0 Å². The van der Waals surface area contributed by atoms with Crippen molar-refractivity contribution in [2.45, 2.75) is 20.0 Å². The van der Waals surface area contributed by atoms with Gasteiger partial charge in [0.15, 0.2) is 5.75 Å². The number of hydrogen-bond donors (Lipinski definition) is 1. The highest BCUT2D eigenvalue weighted by Crippen LogP contribution is 2.44. The van der Waals surface area contributed by atoms with Crippen molar-refractivity contribution < 1.29 is 14.6 Å². The number of thiazole rings is 1. The van der Waals surface area contributed by atoms with Crippen molar-refractivity contribution in [3.8, 4) is 16.3 Å². The van der Waals surface area contributed by atoms with Crippen LogP contribution < -0.4 is 4.74 Å². The Morgan fingerprint density at radius 3 is 2.62 bits per heavy atom. The lowest BCUT2D eigenvalue weighted by Crippen LogP contribution is -2.06. The number of aromatic carboxylic acids is 1. The first-order valence-corrected chi connectivity index (χ1v) is 8.73. The molecule has 0 saturated heterocycles. The molecule has 0 amide bonds. The van der Waals surface area contributed by atoms with Gasteiger partial charge < -0.3 is 9.84 Å². The van der Waals surface area contributed by atoms with Crippen molar-refractivity contribution in [2.75, 3.05) is 0 Å². The fraction of sp³-hybridized carbons (Fsp3) is 0.176. The Kier molecular flexibility index (Phi) is 4.67. The standard InChI is InChI=1S/C17H13Cl2NO3S/c1-8(2)23-14-12(19)7-11(18)13-15(14)24-16(20-13)9-5-3-4-6-10(9)17(21)22/h3-8H,1-2H3,(H,21,22). The smallest absolute Gasteiger partial charge is 0.336 e. The van der Waals surface area contributed by atoms with Crippen LogP contribution in [0.15, 0.2) is 30.3 Å². The zero-order chi connectivity index (χ0) is 17.4. The molecule has 0 atom stereocenters. The highest BCUT2D eigenvalue weighted by molar-refractivity contribution is 7.22. The van der Waals surface area contributed by atoms with Crippen molar-refractivity contribution in [2.24, 2.45) is 0 Å². The van der Waals surface area contributed by atoms with E-state index in [1.807, 2.05) is 13.8 Å². The van der Waals surface area contributed by atoms with E-state index in [2.05, 4.69) is 4.98 Å². The van der Waals surface area contributed by atoms with E-state index >= 15 is 0 Å². The Labute approximate surface area is 152 Å². The summed E-state index contributed by atoms with van der Waals surface area (Å²) in [5.74, 6) is -0.490. The summed E-state index contributed by atoms with van der Waals surface area (Å²) in [6.07, 6.45) is -0.0660. The molecule has 3 rings (SSSR count). The monoisotopic (exact) mass is 381 g/mol. The number of halogens is 2. The lowest BCUT2D eigenvalue weighted by molar-refractivity contribution is 0.0697. The summed E-state index contributed by atoms with van der Waals surface area (Å²) < 4.78 is 6.51. The van der Waals surface area contributed by atoms with Gasteiger partial charge in [0.1, 0.15) is 15.2 Å². The Morgan fingerprint density at radius 1 is 1.25 bits per heavy atom. The van der Waals surface area contributed by atoms with Crippen LogP contribution in [0.5, 0.6) is 5.75 Å². The van der Waals surface area contributed by atoms with Crippen molar-refractivity contribution in [3.05, 3.63) is 45.9 Å². The van der Waals surface area contributed by atoms with E-state index in [0.29, 0.717) is 36.6 Å². The first kappa shape index (κ1) is 17.0. The third kappa shape index (κ3) is 3.07. The van der Waals surface area contributed by atoms with Crippen LogP contribution in [0.4, 0.5) is 0 Å². The Hall–Kier alpha value is -1.82. The number of carboxylic acids is 1. The number of rotatable bonds is 4. The van der Waals surface area contributed by atoms with Crippen LogP contribution in [-0.2, 0) is 0 Å². The molecule has 0 spiro atoms. The summed E-state index contributed by atoms with van der Waals surface area (Å²) >= 11 is 13.8. The van der Waals surface area contributed by atoms with Crippen LogP contribution in [0.1, 0.15) is 24.2 Å². The molecule has 2 aromatic carbocycles. The molecule has 0 aliphatic carbocycles. The SMILES string of the molecule is CC(C)Oc1c(Cl)cc(Cl)c2nc(-c3ccccc3C(=O)O)sc12. The molecule has 0 saturated carbocycles. The average molecular weight is 382 g/mol. The van der Waals surface area contributed by atoms with Crippen molar-refractivity contribution in [1.29, 1.82) is 0 Å². The molecule has 124 valence electrons. The summed E-state index contributed by atoms with van der Waals surface area (Å²) in [7, 11) is 0. The van der Waals surface area contributed by atoms with Crippen LogP contribution in [0.3, 0.4) is 0 Å². The Bertz CT molecular complexity index is 937. The van der Waals surface area contributed by atoms with E-state index in [0.717, 1.165) is 0 Å². The predicted molar refractivity (Wildman–Crippen MR) is 97.8 cm³/mol. The van der Waals surface area contributed by atoms with Crippen molar-refractivity contribution in [1.82, 2.24) is 4.98 Å². The molecule has 0 aliphatic rings. The highest BCUT2D eigenvalue weighted by Gasteiger charge is 2.20. The van der Waals surface area contributed by atoms with Crippen molar-refractivity contribution >= 4 is 50.7 Å². The summed E-state index contributed by atoms with van der Waals surface area (Å²) in [6, 6.07) is 8.31. The van der Waals surface area contributed by atoms with Gasteiger partial charge in [-0.25, -0.2) is 9.78 Å². The highest BCUT2D eigenvalue weighted by atomic mass is 35.5. The maximum absolute atomic E-state index is 11.4. The first-order chi connectivity index (χ1) is 11.4.